The van der Waals surface area contributed by atoms with Gasteiger partial charge < -0.3 is 14.7 Å². The average molecular weight is 356 g/mol. The molecule has 1 aliphatic heterocycles. The van der Waals surface area contributed by atoms with Crippen molar-refractivity contribution in [2.24, 2.45) is 5.41 Å². The lowest BCUT2D eigenvalue weighted by Gasteiger charge is -2.24. The van der Waals surface area contributed by atoms with Crippen LogP contribution in [0.1, 0.15) is 19.4 Å². The van der Waals surface area contributed by atoms with E-state index in [0.717, 1.165) is 11.0 Å². The van der Waals surface area contributed by atoms with E-state index >= 15 is 0 Å². The summed E-state index contributed by atoms with van der Waals surface area (Å²) < 4.78 is 44.5. The monoisotopic (exact) mass is 356 g/mol. The maximum atomic E-state index is 13.0. The summed E-state index contributed by atoms with van der Waals surface area (Å²) in [6, 6.07) is 2.84. The number of hydrogen-bond acceptors (Lipinski definition) is 3. The molecule has 0 aliphatic carbocycles. The molecule has 2 rings (SSSR count). The number of likely N-dealkylation sites (tertiary alicyclic amines) is 1. The molecular formula is C16H15F3N2O4. The Kier molecular flexibility index (Phi) is 4.66. The normalized spacial score (nSPS) is 19.6. The van der Waals surface area contributed by atoms with Gasteiger partial charge in [-0.15, -0.1) is 0 Å². The summed E-state index contributed by atoms with van der Waals surface area (Å²) in [5, 5.41) is 8.83. The summed E-state index contributed by atoms with van der Waals surface area (Å²) in [5.41, 5.74) is -2.50. The van der Waals surface area contributed by atoms with Crippen LogP contribution in [0, 0.1) is 12.0 Å². The van der Waals surface area contributed by atoms with Crippen LogP contribution in [0.4, 0.5) is 18.9 Å². The third kappa shape index (κ3) is 3.84. The molecule has 25 heavy (non-hydrogen) atoms. The van der Waals surface area contributed by atoms with Crippen molar-refractivity contribution in [2.75, 3.05) is 13.1 Å². The standard InChI is InChI=1S/C16H15F3N2O4/c1-15(2)8-21(7-12(22)23)14(24)13(15)25-9-4-5-11(20-3)10(6-9)16(17,18)19/h4-6,13H,7-8H2,1-2H3,(H,22,23). The number of carbonyl (C=O) groups excluding carboxylic acids is 1. The van der Waals surface area contributed by atoms with E-state index in [1.165, 1.54) is 6.07 Å². The average Bonchev–Trinajstić information content (AvgIpc) is 2.68. The molecule has 1 amide bonds. The van der Waals surface area contributed by atoms with Gasteiger partial charge in [0, 0.05) is 12.0 Å². The van der Waals surface area contributed by atoms with Crippen molar-refractivity contribution in [3.8, 4) is 5.75 Å². The number of carboxylic acid groups (broad SMARTS) is 1. The number of amides is 1. The number of carboxylic acids is 1. The minimum atomic E-state index is -4.73. The summed E-state index contributed by atoms with van der Waals surface area (Å²) in [6.07, 6.45) is -5.85. The van der Waals surface area contributed by atoms with Gasteiger partial charge in [0.25, 0.3) is 5.91 Å². The van der Waals surface area contributed by atoms with Gasteiger partial charge in [-0.25, -0.2) is 4.85 Å². The highest BCUT2D eigenvalue weighted by atomic mass is 19.4. The second-order valence-corrected chi connectivity index (χ2v) is 6.36. The predicted molar refractivity (Wildman–Crippen MR) is 80.1 cm³/mol. The van der Waals surface area contributed by atoms with Crippen LogP contribution in [0.2, 0.25) is 0 Å². The Hall–Kier alpha value is -2.76. The number of benzene rings is 1. The molecule has 1 heterocycles. The molecule has 0 bridgehead atoms. The molecule has 1 unspecified atom stereocenters. The number of alkyl halides is 3. The molecule has 0 spiro atoms. The van der Waals surface area contributed by atoms with Gasteiger partial charge in [-0.3, -0.25) is 9.59 Å². The zero-order chi connectivity index (χ0) is 19.0. The fraction of sp³-hybridized carbons (Fsp3) is 0.438. The second kappa shape index (κ2) is 6.27. The summed E-state index contributed by atoms with van der Waals surface area (Å²) >= 11 is 0. The molecule has 1 saturated heterocycles. The number of rotatable bonds is 4. The van der Waals surface area contributed by atoms with Crippen LogP contribution in [-0.4, -0.2) is 41.1 Å². The highest BCUT2D eigenvalue weighted by Crippen LogP contribution is 2.40. The number of halogens is 3. The maximum Gasteiger partial charge on any atom is 0.407 e. The van der Waals surface area contributed by atoms with E-state index in [2.05, 4.69) is 4.85 Å². The predicted octanol–water partition coefficient (Wildman–Crippen LogP) is 2.96. The number of nitrogens with zero attached hydrogens (tertiary/aromatic N) is 2. The van der Waals surface area contributed by atoms with Crippen LogP contribution in [0.3, 0.4) is 0 Å². The van der Waals surface area contributed by atoms with Crippen molar-refractivity contribution in [1.29, 1.82) is 0 Å². The summed E-state index contributed by atoms with van der Waals surface area (Å²) in [6.45, 7) is 9.74. The lowest BCUT2D eigenvalue weighted by molar-refractivity contribution is -0.144. The van der Waals surface area contributed by atoms with Crippen LogP contribution in [0.15, 0.2) is 18.2 Å². The topological polar surface area (TPSA) is 71.2 Å². The molecule has 1 fully saturated rings. The smallest absolute Gasteiger partial charge is 0.407 e. The fourth-order valence-corrected chi connectivity index (χ4v) is 2.71. The third-order valence-electron chi connectivity index (χ3n) is 3.82. The van der Waals surface area contributed by atoms with E-state index in [-0.39, 0.29) is 12.3 Å². The van der Waals surface area contributed by atoms with Gasteiger partial charge in [-0.2, -0.15) is 13.2 Å². The first-order chi connectivity index (χ1) is 11.5. The van der Waals surface area contributed by atoms with Crippen LogP contribution in [0.25, 0.3) is 4.85 Å². The first-order valence-electron chi connectivity index (χ1n) is 7.21. The van der Waals surface area contributed by atoms with E-state index < -0.39 is 47.4 Å². The summed E-state index contributed by atoms with van der Waals surface area (Å²) in [4.78, 5) is 27.1. The number of aliphatic carboxylic acids is 1. The first kappa shape index (κ1) is 18.6. The van der Waals surface area contributed by atoms with Crippen molar-refractivity contribution in [1.82, 2.24) is 4.90 Å². The molecule has 0 aromatic heterocycles. The van der Waals surface area contributed by atoms with Crippen LogP contribution >= 0.6 is 0 Å². The zero-order valence-corrected chi connectivity index (χ0v) is 13.4. The minimum absolute atomic E-state index is 0.106. The largest absolute Gasteiger partial charge is 0.480 e. The van der Waals surface area contributed by atoms with Crippen LogP contribution in [0.5, 0.6) is 5.75 Å². The lowest BCUT2D eigenvalue weighted by atomic mass is 9.89. The number of hydrogen-bond donors (Lipinski definition) is 1. The van der Waals surface area contributed by atoms with Gasteiger partial charge in [0.1, 0.15) is 12.3 Å². The van der Waals surface area contributed by atoms with Crippen molar-refractivity contribution in [3.63, 3.8) is 0 Å². The number of ether oxygens (including phenoxy) is 1. The first-order valence-corrected chi connectivity index (χ1v) is 7.21. The van der Waals surface area contributed by atoms with Gasteiger partial charge in [-0.05, 0) is 12.1 Å². The van der Waals surface area contributed by atoms with Gasteiger partial charge in [0.15, 0.2) is 11.8 Å². The molecule has 134 valence electrons. The molecule has 0 saturated carbocycles. The van der Waals surface area contributed by atoms with Crippen molar-refractivity contribution >= 4 is 17.6 Å². The molecule has 9 heteroatoms. The Morgan fingerprint density at radius 3 is 2.64 bits per heavy atom. The van der Waals surface area contributed by atoms with Crippen molar-refractivity contribution < 1.29 is 32.6 Å². The van der Waals surface area contributed by atoms with E-state index in [1.54, 1.807) is 13.8 Å². The Bertz CT molecular complexity index is 753. The Labute approximate surface area is 141 Å². The second-order valence-electron chi connectivity index (χ2n) is 6.36. The van der Waals surface area contributed by atoms with Gasteiger partial charge in [0.2, 0.25) is 0 Å². The highest BCUT2D eigenvalue weighted by molar-refractivity contribution is 5.87. The Morgan fingerprint density at radius 1 is 1.48 bits per heavy atom. The molecule has 0 radical (unpaired) electrons. The zero-order valence-electron chi connectivity index (χ0n) is 13.4. The molecular weight excluding hydrogens is 341 g/mol. The van der Waals surface area contributed by atoms with E-state index in [1.807, 2.05) is 0 Å². The molecule has 1 aromatic rings. The van der Waals surface area contributed by atoms with Crippen molar-refractivity contribution in [3.05, 3.63) is 35.2 Å². The molecule has 6 nitrogen and oxygen atoms in total. The fourth-order valence-electron chi connectivity index (χ4n) is 2.71. The lowest BCUT2D eigenvalue weighted by Crippen LogP contribution is -2.37. The molecule has 1 aromatic carbocycles. The van der Waals surface area contributed by atoms with Gasteiger partial charge >= 0.3 is 12.1 Å². The maximum absolute atomic E-state index is 13.0. The van der Waals surface area contributed by atoms with Gasteiger partial charge in [0.05, 0.1) is 12.1 Å². The van der Waals surface area contributed by atoms with Crippen LogP contribution < -0.4 is 4.74 Å². The van der Waals surface area contributed by atoms with E-state index in [4.69, 9.17) is 16.4 Å². The minimum Gasteiger partial charge on any atom is -0.480 e. The highest BCUT2D eigenvalue weighted by Gasteiger charge is 2.48. The quantitative estimate of drug-likeness (QED) is 0.842. The summed E-state index contributed by atoms with van der Waals surface area (Å²) in [5.74, 6) is -2.00. The SMILES string of the molecule is [C-]#[N+]c1ccc(OC2C(=O)N(CC(=O)O)CC2(C)C)cc1C(F)(F)F. The third-order valence-corrected chi connectivity index (χ3v) is 3.82. The molecule has 1 N–H and O–H groups in total. The van der Waals surface area contributed by atoms with Crippen LogP contribution in [-0.2, 0) is 15.8 Å². The Balaban J connectivity index is 2.31. The van der Waals surface area contributed by atoms with Crippen molar-refractivity contribution in [2.45, 2.75) is 26.1 Å². The Morgan fingerprint density at radius 2 is 2.12 bits per heavy atom. The molecule has 1 atom stereocenters. The molecule has 1 aliphatic rings. The van der Waals surface area contributed by atoms with E-state index in [0.29, 0.717) is 6.07 Å². The van der Waals surface area contributed by atoms with Gasteiger partial charge in [-0.1, -0.05) is 19.9 Å². The number of carbonyl (C=O) groups is 2. The van der Waals surface area contributed by atoms with E-state index in [9.17, 15) is 22.8 Å². The summed E-state index contributed by atoms with van der Waals surface area (Å²) in [7, 11) is 0.